The molecule has 0 saturated heterocycles. The fourth-order valence-electron chi connectivity index (χ4n) is 6.68. The number of unbranched alkanes of at least 4 members (excludes halogenated alkanes) is 22. The molecule has 0 aromatic heterocycles. The molecule has 1 amide bonds. The summed E-state index contributed by atoms with van der Waals surface area (Å²) >= 11 is 0. The maximum absolute atomic E-state index is 12.8. The van der Waals surface area contributed by atoms with Crippen LogP contribution in [0.1, 0.15) is 226 Å². The lowest BCUT2D eigenvalue weighted by Gasteiger charge is -2.18. The van der Waals surface area contributed by atoms with Crippen LogP contribution in [0.5, 0.6) is 0 Å². The van der Waals surface area contributed by atoms with Gasteiger partial charge in [0.25, 0.3) is 0 Å². The Bertz CT molecular complexity index is 968. The van der Waals surface area contributed by atoms with Gasteiger partial charge in [0.2, 0.25) is 5.91 Å². The topological polar surface area (TPSA) is 92.7 Å². The van der Waals surface area contributed by atoms with Gasteiger partial charge in [0.15, 0.2) is 0 Å². The first kappa shape index (κ1) is 51.4. The van der Waals surface area contributed by atoms with Crippen LogP contribution >= 0.6 is 0 Å². The van der Waals surface area contributed by atoms with Crippen LogP contribution in [0.15, 0.2) is 48.6 Å². The third kappa shape index (κ3) is 42.1. The van der Waals surface area contributed by atoms with Crippen LogP contribution in [0.3, 0.4) is 0 Å². The lowest BCUT2D eigenvalue weighted by Crippen LogP contribution is -2.28. The van der Waals surface area contributed by atoms with E-state index in [0.29, 0.717) is 12.8 Å². The Morgan fingerprint density at radius 3 is 1.39 bits per heavy atom. The highest BCUT2D eigenvalue weighted by molar-refractivity contribution is 5.80. The zero-order valence-corrected chi connectivity index (χ0v) is 35.3. The monoisotopic (exact) mass is 756 g/mol. The van der Waals surface area contributed by atoms with E-state index in [0.717, 1.165) is 103 Å². The lowest BCUT2D eigenvalue weighted by molar-refractivity contribution is -0.150. The molecule has 0 rings (SSSR count). The number of allylic oxidation sites excluding steroid dienone is 8. The van der Waals surface area contributed by atoms with E-state index in [2.05, 4.69) is 67.8 Å². The molecule has 0 heterocycles. The minimum Gasteiger partial charge on any atom is -0.480 e. The van der Waals surface area contributed by atoms with E-state index in [-0.39, 0.29) is 24.5 Å². The molecule has 2 N–H and O–H groups in total. The van der Waals surface area contributed by atoms with Gasteiger partial charge in [0, 0.05) is 12.8 Å². The van der Waals surface area contributed by atoms with Gasteiger partial charge in [-0.2, -0.15) is 0 Å². The number of hydrogen-bond donors (Lipinski definition) is 2. The Morgan fingerprint density at radius 2 is 0.907 bits per heavy atom. The Kier molecular flexibility index (Phi) is 41.0. The van der Waals surface area contributed by atoms with E-state index in [1.54, 1.807) is 0 Å². The molecule has 312 valence electrons. The van der Waals surface area contributed by atoms with Crippen LogP contribution in [-0.2, 0) is 19.1 Å². The predicted molar refractivity (Wildman–Crippen MR) is 231 cm³/mol. The van der Waals surface area contributed by atoms with Crippen LogP contribution in [0.2, 0.25) is 0 Å². The molecular weight excluding hydrogens is 671 g/mol. The van der Waals surface area contributed by atoms with Gasteiger partial charge in [-0.3, -0.25) is 14.4 Å². The van der Waals surface area contributed by atoms with Gasteiger partial charge in [0.1, 0.15) is 12.6 Å². The summed E-state index contributed by atoms with van der Waals surface area (Å²) in [6, 6.07) is 0. The van der Waals surface area contributed by atoms with Crippen molar-refractivity contribution in [2.24, 2.45) is 0 Å². The zero-order chi connectivity index (χ0) is 39.4. The van der Waals surface area contributed by atoms with Crippen LogP contribution < -0.4 is 5.32 Å². The van der Waals surface area contributed by atoms with Crippen LogP contribution in [-0.4, -0.2) is 35.6 Å². The number of hydrogen-bond acceptors (Lipinski definition) is 4. The van der Waals surface area contributed by atoms with Gasteiger partial charge in [-0.25, -0.2) is 0 Å². The van der Waals surface area contributed by atoms with Crippen LogP contribution in [0.25, 0.3) is 0 Å². The quantitative estimate of drug-likeness (QED) is 0.0368. The number of esters is 1. The third-order valence-electron chi connectivity index (χ3n) is 10.0. The first-order valence-electron chi connectivity index (χ1n) is 22.8. The molecule has 1 atom stereocenters. The summed E-state index contributed by atoms with van der Waals surface area (Å²) < 4.78 is 6.03. The van der Waals surface area contributed by atoms with E-state index in [1.165, 1.54) is 96.3 Å². The maximum atomic E-state index is 12.8. The van der Waals surface area contributed by atoms with E-state index >= 15 is 0 Å². The molecule has 6 heteroatoms. The summed E-state index contributed by atoms with van der Waals surface area (Å²) in [6.45, 7) is 4.12. The van der Waals surface area contributed by atoms with Gasteiger partial charge >= 0.3 is 11.9 Å². The SMILES string of the molecule is CC/C=C\C/C=C\C/C=C\C/C=C\CCCCC(CCCCCCCC(=O)NCC(=O)O)OC(=O)CCCCCCCCCCCCCCCCCCC. The number of rotatable bonds is 41. The van der Waals surface area contributed by atoms with E-state index in [4.69, 9.17) is 9.84 Å². The number of carboxylic acids is 1. The van der Waals surface area contributed by atoms with Crippen molar-refractivity contribution in [3.63, 3.8) is 0 Å². The first-order valence-corrected chi connectivity index (χ1v) is 22.8. The normalized spacial score (nSPS) is 12.5. The van der Waals surface area contributed by atoms with Crippen molar-refractivity contribution >= 4 is 17.8 Å². The molecule has 0 spiro atoms. The minimum absolute atomic E-state index is 0.0116. The molecule has 0 fully saturated rings. The van der Waals surface area contributed by atoms with E-state index < -0.39 is 5.97 Å². The van der Waals surface area contributed by atoms with Crippen molar-refractivity contribution in [2.75, 3.05) is 6.54 Å². The minimum atomic E-state index is -1.02. The van der Waals surface area contributed by atoms with Crippen molar-refractivity contribution in [3.8, 4) is 0 Å². The zero-order valence-electron chi connectivity index (χ0n) is 35.3. The molecule has 0 aliphatic rings. The van der Waals surface area contributed by atoms with Gasteiger partial charge in [0.05, 0.1) is 0 Å². The predicted octanol–water partition coefficient (Wildman–Crippen LogP) is 14.2. The summed E-state index contributed by atoms with van der Waals surface area (Å²) in [5, 5.41) is 11.1. The summed E-state index contributed by atoms with van der Waals surface area (Å²) in [7, 11) is 0. The van der Waals surface area contributed by atoms with E-state index in [1.807, 2.05) is 0 Å². The van der Waals surface area contributed by atoms with Crippen molar-refractivity contribution in [1.82, 2.24) is 5.32 Å². The molecule has 0 radical (unpaired) electrons. The number of amides is 1. The molecule has 0 aromatic rings. The smallest absolute Gasteiger partial charge is 0.322 e. The average molecular weight is 756 g/mol. The maximum Gasteiger partial charge on any atom is 0.322 e. The molecule has 1 unspecified atom stereocenters. The Morgan fingerprint density at radius 1 is 0.500 bits per heavy atom. The standard InChI is InChI=1S/C48H85NO5/c1-3-5-7-9-11-13-15-17-19-20-22-24-26-28-30-35-39-43-48(53)54-45(41-37-33-31-34-38-42-46(50)49-44-47(51)52)40-36-32-29-27-25-23-21-18-16-14-12-10-8-6-4-2/h6,8,12,14,18,21,25,27,45H,3-5,7,9-11,13,15-17,19-20,22-24,26,28-44H2,1-2H3,(H,49,50)(H,51,52)/b8-6-,14-12-,21-18-,27-25-. The Labute approximate surface area is 333 Å². The van der Waals surface area contributed by atoms with Gasteiger partial charge < -0.3 is 15.2 Å². The number of aliphatic carboxylic acids is 1. The van der Waals surface area contributed by atoms with Crippen molar-refractivity contribution in [2.45, 2.75) is 232 Å². The Hall–Kier alpha value is -2.63. The van der Waals surface area contributed by atoms with Crippen LogP contribution in [0, 0.1) is 0 Å². The number of carbonyl (C=O) groups excluding carboxylic acids is 2. The second-order valence-corrected chi connectivity index (χ2v) is 15.3. The molecule has 0 aromatic carbocycles. The molecule has 6 nitrogen and oxygen atoms in total. The van der Waals surface area contributed by atoms with E-state index in [9.17, 15) is 14.4 Å². The van der Waals surface area contributed by atoms with Gasteiger partial charge in [-0.05, 0) is 77.0 Å². The summed E-state index contributed by atoms with van der Waals surface area (Å²) in [5.41, 5.74) is 0. The highest BCUT2D eigenvalue weighted by Gasteiger charge is 2.14. The highest BCUT2D eigenvalue weighted by atomic mass is 16.5. The van der Waals surface area contributed by atoms with Crippen molar-refractivity contribution < 1.29 is 24.2 Å². The molecule has 54 heavy (non-hydrogen) atoms. The fourth-order valence-corrected chi connectivity index (χ4v) is 6.68. The van der Waals surface area contributed by atoms with Gasteiger partial charge in [-0.1, -0.05) is 184 Å². The molecule has 0 saturated carbocycles. The second kappa shape index (κ2) is 43.1. The summed E-state index contributed by atoms with van der Waals surface area (Å²) in [5.74, 6) is -1.25. The van der Waals surface area contributed by atoms with Crippen molar-refractivity contribution in [1.29, 1.82) is 0 Å². The third-order valence-corrected chi connectivity index (χ3v) is 10.0. The second-order valence-electron chi connectivity index (χ2n) is 15.3. The number of ether oxygens (including phenoxy) is 1. The molecule has 0 bridgehead atoms. The largest absolute Gasteiger partial charge is 0.480 e. The highest BCUT2D eigenvalue weighted by Crippen LogP contribution is 2.18. The fraction of sp³-hybridized carbons (Fsp3) is 0.771. The average Bonchev–Trinajstić information content (AvgIpc) is 3.16. The Balaban J connectivity index is 4.22. The molecule has 0 aliphatic heterocycles. The molecule has 0 aliphatic carbocycles. The van der Waals surface area contributed by atoms with Crippen LogP contribution in [0.4, 0.5) is 0 Å². The summed E-state index contributed by atoms with van der Waals surface area (Å²) in [6.07, 6.45) is 55.2. The van der Waals surface area contributed by atoms with Crippen molar-refractivity contribution in [3.05, 3.63) is 48.6 Å². The number of carbonyl (C=O) groups is 3. The number of nitrogens with one attached hydrogen (secondary N) is 1. The lowest BCUT2D eigenvalue weighted by atomic mass is 10.0. The molecular formula is C48H85NO5. The van der Waals surface area contributed by atoms with Gasteiger partial charge in [-0.15, -0.1) is 0 Å². The first-order chi connectivity index (χ1) is 26.5. The summed E-state index contributed by atoms with van der Waals surface area (Å²) in [4.78, 5) is 35.1. The number of carboxylic acid groups (broad SMARTS) is 1.